The summed E-state index contributed by atoms with van der Waals surface area (Å²) in [6.45, 7) is 0.608. The molecule has 2 atom stereocenters. The Bertz CT molecular complexity index is 951. The number of nitrogens with zero attached hydrogens (tertiary/aromatic N) is 4. The summed E-state index contributed by atoms with van der Waals surface area (Å²) in [7, 11) is 16.9. The van der Waals surface area contributed by atoms with E-state index in [1.165, 1.54) is 6.33 Å². The van der Waals surface area contributed by atoms with E-state index in [0.717, 1.165) is 5.56 Å². The second-order valence-corrected chi connectivity index (χ2v) is 10.2. The Kier molecular flexibility index (Phi) is 5.55. The van der Waals surface area contributed by atoms with Crippen molar-refractivity contribution in [3.8, 4) is 11.3 Å². The summed E-state index contributed by atoms with van der Waals surface area (Å²) in [5, 5.41) is 15.8. The molecule has 0 aromatic carbocycles. The van der Waals surface area contributed by atoms with Gasteiger partial charge >= 0.3 is 0 Å². The van der Waals surface area contributed by atoms with Gasteiger partial charge in [0, 0.05) is 29.4 Å². The lowest BCUT2D eigenvalue weighted by Crippen LogP contribution is -2.49. The van der Waals surface area contributed by atoms with Gasteiger partial charge in [-0.05, 0) is 12.0 Å². The van der Waals surface area contributed by atoms with Gasteiger partial charge in [0.15, 0.2) is 0 Å². The van der Waals surface area contributed by atoms with Crippen molar-refractivity contribution in [3.63, 3.8) is 0 Å². The van der Waals surface area contributed by atoms with Crippen molar-refractivity contribution in [3.05, 3.63) is 30.5 Å². The van der Waals surface area contributed by atoms with Crippen LogP contribution in [-0.4, -0.2) is 92.4 Å². The number of anilines is 1. The van der Waals surface area contributed by atoms with Crippen molar-refractivity contribution in [2.45, 2.75) is 27.7 Å². The highest BCUT2D eigenvalue weighted by Gasteiger charge is 2.67. The van der Waals surface area contributed by atoms with E-state index in [0.29, 0.717) is 23.6 Å². The lowest BCUT2D eigenvalue weighted by Gasteiger charge is -2.48. The van der Waals surface area contributed by atoms with Crippen molar-refractivity contribution in [1.82, 2.24) is 19.7 Å². The number of rotatable bonds is 5. The zero-order valence-electron chi connectivity index (χ0n) is 19.4. The van der Waals surface area contributed by atoms with E-state index in [4.69, 9.17) is 10.5 Å². The van der Waals surface area contributed by atoms with Gasteiger partial charge in [0.25, 0.3) is 0 Å². The first kappa shape index (κ1) is 22.7. The maximum absolute atomic E-state index is 11.6. The summed E-state index contributed by atoms with van der Waals surface area (Å²) in [6.07, 6.45) is 8.47. The quantitative estimate of drug-likeness (QED) is 0.386. The average Bonchev–Trinajstić information content (AvgIpc) is 3.14. The smallest absolute Gasteiger partial charge is 0.142 e. The predicted octanol–water partition coefficient (Wildman–Crippen LogP) is -5.36. The van der Waals surface area contributed by atoms with E-state index in [1.807, 2.05) is 18.7 Å². The van der Waals surface area contributed by atoms with Crippen LogP contribution in [0.15, 0.2) is 25.0 Å². The number of ether oxygens (including phenoxy) is 1. The largest absolute Gasteiger partial charge is 0.504 e. The molecule has 150 valence electrons. The molecule has 2 aromatic rings. The van der Waals surface area contributed by atoms with Crippen LogP contribution >= 0.6 is 0 Å². The summed E-state index contributed by atoms with van der Waals surface area (Å²) >= 11 is 0. The summed E-state index contributed by atoms with van der Waals surface area (Å²) < 4.78 is 6.93. The van der Waals surface area contributed by atoms with E-state index in [-0.39, 0.29) is 21.6 Å². The van der Waals surface area contributed by atoms with Gasteiger partial charge in [0.2, 0.25) is 0 Å². The number of aromatic nitrogens is 4. The molecule has 30 heavy (non-hydrogen) atoms. The molecule has 0 aliphatic heterocycles. The average molecular weight is 398 g/mol. The Hall–Kier alpha value is -1.96. The minimum Gasteiger partial charge on any atom is -0.504 e. The second kappa shape index (κ2) is 7.32. The Morgan fingerprint density at radius 1 is 1.17 bits per heavy atom. The summed E-state index contributed by atoms with van der Waals surface area (Å²) in [5.74, 6) is 0.399. The molecule has 7 nitrogen and oxygen atoms in total. The Morgan fingerprint density at radius 3 is 2.40 bits per heavy atom. The topological polar surface area (TPSA) is 99.1 Å². The Morgan fingerprint density at radius 2 is 1.83 bits per heavy atom. The van der Waals surface area contributed by atoms with Crippen LogP contribution in [0.25, 0.3) is 17.3 Å². The number of nitrogens with two attached hydrogens (primary N) is 1. The highest BCUT2D eigenvalue weighted by atomic mass is 16.5. The molecule has 1 fully saturated rings. The van der Waals surface area contributed by atoms with Crippen molar-refractivity contribution in [1.29, 1.82) is 0 Å². The van der Waals surface area contributed by atoms with E-state index in [1.54, 1.807) is 25.6 Å². The molecule has 14 heteroatoms. The zero-order valence-corrected chi connectivity index (χ0v) is 19.4. The number of nitrogen functional groups attached to an aromatic ring is 1. The number of methoxy groups -OCH3 is 1. The fraction of sp³-hybridized carbons (Fsp3) is 0.438. The minimum atomic E-state index is -0.849. The molecular weight excluding hydrogens is 370 g/mol. The Labute approximate surface area is 184 Å². The molecule has 3 rings (SSSR count). The summed E-state index contributed by atoms with van der Waals surface area (Å²) in [6, 6.07) is 0. The molecule has 1 aliphatic rings. The molecule has 0 saturated heterocycles. The van der Waals surface area contributed by atoms with Crippen LogP contribution in [0.2, 0.25) is 15.6 Å². The van der Waals surface area contributed by atoms with E-state index in [9.17, 15) is 5.11 Å². The van der Waals surface area contributed by atoms with Crippen molar-refractivity contribution >= 4 is 66.8 Å². The van der Waals surface area contributed by atoms with Crippen LogP contribution in [0.4, 0.5) is 5.82 Å². The van der Waals surface area contributed by atoms with E-state index in [2.05, 4.69) is 62.1 Å². The van der Waals surface area contributed by atoms with Gasteiger partial charge in [-0.2, -0.15) is 5.10 Å². The molecule has 0 radical (unpaired) electrons. The number of aliphatic hydroxyl groups is 1. The van der Waals surface area contributed by atoms with Gasteiger partial charge in [-0.25, -0.2) is 9.97 Å². The lowest BCUT2D eigenvalue weighted by molar-refractivity contribution is 0.0640. The minimum absolute atomic E-state index is 0.0195. The van der Waals surface area contributed by atoms with Crippen molar-refractivity contribution < 1.29 is 9.84 Å². The fourth-order valence-electron chi connectivity index (χ4n) is 5.13. The normalized spacial score (nSPS) is 26.7. The van der Waals surface area contributed by atoms with Gasteiger partial charge in [-0.15, -0.1) is 0 Å². The van der Waals surface area contributed by atoms with Gasteiger partial charge in [-0.3, -0.25) is 4.68 Å². The van der Waals surface area contributed by atoms with Crippen molar-refractivity contribution in [2.24, 2.45) is 5.92 Å². The highest BCUT2D eigenvalue weighted by Crippen LogP contribution is 2.73. The maximum atomic E-state index is 11.6. The standard InChI is InChI=1S/C16H28B7N5O2/c1-30-3-2-9-11(25-7-26-12(9)24)8-4-27-28(5-8)6-10-13(17,18)15(20,21)16(22,23)14(10,19)29/h2-5,7,10,29H,6,17-23H2,1H3,(H2,24,25,26)/b3-2+. The zero-order chi connectivity index (χ0) is 22.5. The van der Waals surface area contributed by atoms with Gasteiger partial charge < -0.3 is 15.6 Å². The second-order valence-electron chi connectivity index (χ2n) is 10.2. The first-order valence-electron chi connectivity index (χ1n) is 10.3. The van der Waals surface area contributed by atoms with Gasteiger partial charge in [0.05, 0.1) is 56.6 Å². The third-order valence-electron chi connectivity index (χ3n) is 8.55. The van der Waals surface area contributed by atoms with Gasteiger partial charge in [-0.1, -0.05) is 15.6 Å². The van der Waals surface area contributed by atoms with E-state index < -0.39 is 5.50 Å². The molecule has 2 heterocycles. The SMILES string of the molecule is BC1(B)C(Cn2cc(-c3ncnc(N)c3/C=C/OC)cn2)C(B)(O)C(B)(B)C1(B)B. The monoisotopic (exact) mass is 399 g/mol. The van der Waals surface area contributed by atoms with Crippen LogP contribution in [0.3, 0.4) is 0 Å². The molecule has 3 N–H and O–H groups in total. The van der Waals surface area contributed by atoms with Crippen molar-refractivity contribution in [2.75, 3.05) is 12.8 Å². The summed E-state index contributed by atoms with van der Waals surface area (Å²) in [5.41, 5.74) is 7.43. The first-order valence-corrected chi connectivity index (χ1v) is 10.3. The number of hydrogen-bond acceptors (Lipinski definition) is 6. The van der Waals surface area contributed by atoms with Crippen LogP contribution < -0.4 is 5.73 Å². The molecule has 1 saturated carbocycles. The Balaban J connectivity index is 1.98. The van der Waals surface area contributed by atoms with Crippen LogP contribution in [-0.2, 0) is 11.3 Å². The van der Waals surface area contributed by atoms with E-state index >= 15 is 0 Å². The van der Waals surface area contributed by atoms with Crippen LogP contribution in [0.5, 0.6) is 0 Å². The molecule has 2 unspecified atom stereocenters. The van der Waals surface area contributed by atoms with Crippen LogP contribution in [0, 0.1) is 5.92 Å². The molecule has 0 spiro atoms. The molecule has 0 amide bonds. The molecule has 0 bridgehead atoms. The summed E-state index contributed by atoms with van der Waals surface area (Å²) in [4.78, 5) is 8.49. The molecule has 1 aliphatic carbocycles. The van der Waals surface area contributed by atoms with Gasteiger partial charge in [0.1, 0.15) is 35.7 Å². The molecule has 2 aromatic heterocycles. The fourth-order valence-corrected chi connectivity index (χ4v) is 5.13. The van der Waals surface area contributed by atoms with Crippen LogP contribution in [0.1, 0.15) is 5.56 Å². The third-order valence-corrected chi connectivity index (χ3v) is 8.55. The maximum Gasteiger partial charge on any atom is 0.142 e. The number of hydrogen-bond donors (Lipinski definition) is 2. The first-order chi connectivity index (χ1) is 13.8. The molecular formula is C16H28B7N5O2. The lowest BCUT2D eigenvalue weighted by atomic mass is 9.20. The predicted molar refractivity (Wildman–Crippen MR) is 140 cm³/mol. The highest BCUT2D eigenvalue weighted by molar-refractivity contribution is 6.64. The third kappa shape index (κ3) is 3.15.